The summed E-state index contributed by atoms with van der Waals surface area (Å²) in [5, 5.41) is 3.17. The van der Waals surface area contributed by atoms with Gasteiger partial charge < -0.3 is 47.9 Å². The van der Waals surface area contributed by atoms with Gasteiger partial charge in [0.05, 0.1) is 74.8 Å². The highest BCUT2D eigenvalue weighted by molar-refractivity contribution is 6.15. The standard InChI is InChI=1S/C128H210N8O8/c1-9-17-25-33-41-49-57-65-73-85-97-137-113-109-111(115(139-99-87-75-67-59-51-43-35-27-19-11-3)119(143-103-91-79-71-63-55-47-39-31-23-15-7)117(113)141-101-89-77-69-61-53-45-37-29-21-13-5)127-134-125(109)132-123-107-95-83-81-93-105(107)121(130-123)129-122-106-94-82-84-96-108(106)124(131-122)133-126-110-112(128(135-126)136-127)116(140-100-88-76-68-60-52-44-36-28-20-12-4)120(144-104-92-80-72-64-56-48-40-32-24-16-8)118(142-102-90-78-70-62-54-46-38-30-22-14-6)114(110)138-98-86-74-66-58-50-42-34-26-18-10-2/h81-84,93-96H,9-80,85-92,97-104H2,1-8H3,(H2,129,130,131,132,133,134,135,136). The zero-order valence-corrected chi connectivity index (χ0v) is 93.8. The van der Waals surface area contributed by atoms with Crippen LogP contribution in [0.4, 0.5) is 0 Å². The van der Waals surface area contributed by atoms with Gasteiger partial charge in [-0.2, -0.15) is 0 Å². The summed E-state index contributed by atoms with van der Waals surface area (Å²) < 4.78 is 61.5. The van der Waals surface area contributed by atoms with E-state index in [0.29, 0.717) is 167 Å². The maximum atomic E-state index is 7.78. The molecule has 144 heavy (non-hydrogen) atoms. The Labute approximate surface area is 878 Å². The van der Waals surface area contributed by atoms with Gasteiger partial charge in [-0.15, -0.1) is 0 Å². The zero-order chi connectivity index (χ0) is 101. The Bertz CT molecular complexity index is 4610. The molecule has 0 unspecified atom stereocenters. The van der Waals surface area contributed by atoms with Crippen LogP contribution in [0.25, 0.3) is 89.7 Å². The van der Waals surface area contributed by atoms with Crippen LogP contribution in [0.3, 0.4) is 0 Å². The second-order valence-corrected chi connectivity index (χ2v) is 43.1. The predicted octanol–water partition coefficient (Wildman–Crippen LogP) is 41.3. The maximum Gasteiger partial charge on any atom is 0.208 e. The van der Waals surface area contributed by atoms with E-state index in [1.165, 1.54) is 360 Å². The molecule has 0 saturated carbocycles. The number of fused-ring (bicyclic) bond motifs is 20. The van der Waals surface area contributed by atoms with E-state index in [-0.39, 0.29) is 0 Å². The first-order valence-electron chi connectivity index (χ1n) is 61.9. The fourth-order valence-corrected chi connectivity index (χ4v) is 21.2. The molecule has 2 aliphatic heterocycles. The van der Waals surface area contributed by atoms with Gasteiger partial charge in [0.15, 0.2) is 46.3 Å². The third-order valence-electron chi connectivity index (χ3n) is 30.1. The number of ether oxygens (including phenoxy) is 8. The second-order valence-electron chi connectivity index (χ2n) is 43.1. The van der Waals surface area contributed by atoms with Crippen molar-refractivity contribution in [2.75, 3.05) is 52.9 Å². The zero-order valence-electron chi connectivity index (χ0n) is 93.8. The highest BCUT2D eigenvalue weighted by Crippen LogP contribution is 2.60. The van der Waals surface area contributed by atoms with Crippen molar-refractivity contribution in [3.8, 4) is 91.5 Å². The van der Waals surface area contributed by atoms with E-state index in [9.17, 15) is 0 Å². The number of hydrogen-bond donors (Lipinski definition) is 2. The van der Waals surface area contributed by atoms with Gasteiger partial charge in [0, 0.05) is 21.9 Å². The molecule has 7 aromatic rings. The molecule has 0 atom stereocenters. The van der Waals surface area contributed by atoms with Crippen molar-refractivity contribution in [3.05, 3.63) is 48.5 Å². The molecule has 0 aliphatic carbocycles. The lowest BCUT2D eigenvalue weighted by atomic mass is 10.0. The Balaban J connectivity index is 1.36. The molecule has 2 aliphatic rings. The third kappa shape index (κ3) is 45.2. The van der Waals surface area contributed by atoms with Crippen LogP contribution in [-0.4, -0.2) is 92.7 Å². The first-order valence-corrected chi connectivity index (χ1v) is 61.9. The molecule has 4 aromatic carbocycles. The number of nitrogens with zero attached hydrogens (tertiary/aromatic N) is 6. The lowest BCUT2D eigenvalue weighted by Gasteiger charge is -2.23. The third-order valence-corrected chi connectivity index (χ3v) is 30.1. The van der Waals surface area contributed by atoms with E-state index >= 15 is 0 Å². The molecule has 0 radical (unpaired) electrons. The van der Waals surface area contributed by atoms with E-state index in [1.54, 1.807) is 0 Å². The molecule has 2 N–H and O–H groups in total. The Morgan fingerprint density at radius 2 is 0.319 bits per heavy atom. The van der Waals surface area contributed by atoms with Gasteiger partial charge in [0.25, 0.3) is 0 Å². The van der Waals surface area contributed by atoms with Crippen molar-refractivity contribution in [1.82, 2.24) is 39.9 Å². The molecular formula is C128H210N8O8. The van der Waals surface area contributed by atoms with Crippen LogP contribution >= 0.6 is 0 Å². The molecule has 0 spiro atoms. The van der Waals surface area contributed by atoms with Crippen molar-refractivity contribution >= 4 is 44.1 Å². The summed E-state index contributed by atoms with van der Waals surface area (Å²) in [6.45, 7) is 22.2. The van der Waals surface area contributed by atoms with Crippen molar-refractivity contribution in [3.63, 3.8) is 0 Å². The quantitative estimate of drug-likeness (QED) is 0.0343. The van der Waals surface area contributed by atoms with Gasteiger partial charge in [0.1, 0.15) is 22.6 Å². The lowest BCUT2D eigenvalue weighted by Crippen LogP contribution is -2.10. The molecule has 8 bridgehead atoms. The molecule has 5 heterocycles. The predicted molar refractivity (Wildman–Crippen MR) is 615 cm³/mol. The summed E-state index contributed by atoms with van der Waals surface area (Å²) in [5.41, 5.74) is 5.26. The molecule has 3 aromatic heterocycles. The summed E-state index contributed by atoms with van der Waals surface area (Å²) in [7, 11) is 0. The van der Waals surface area contributed by atoms with E-state index in [1.807, 2.05) is 0 Å². The largest absolute Gasteiger partial charge is 0.489 e. The van der Waals surface area contributed by atoms with E-state index in [2.05, 4.69) is 114 Å². The number of aromatic amines is 2. The second kappa shape index (κ2) is 78.8. The number of aromatic nitrogens is 8. The molecule has 16 nitrogen and oxygen atoms in total. The van der Waals surface area contributed by atoms with Crippen molar-refractivity contribution < 1.29 is 37.9 Å². The summed E-state index contributed by atoms with van der Waals surface area (Å²) in [6.07, 6.45) is 96.6. The number of rotatable bonds is 96. The van der Waals surface area contributed by atoms with E-state index in [0.717, 1.165) is 176 Å². The summed E-state index contributed by atoms with van der Waals surface area (Å²) in [6, 6.07) is 16.9. The Morgan fingerprint density at radius 1 is 0.160 bits per heavy atom. The van der Waals surface area contributed by atoms with Crippen molar-refractivity contribution in [2.45, 2.75) is 569 Å². The Hall–Kier alpha value is -7.36. The first kappa shape index (κ1) is 120. The van der Waals surface area contributed by atoms with Crippen LogP contribution in [-0.2, 0) is 0 Å². The van der Waals surface area contributed by atoms with Gasteiger partial charge in [-0.25, -0.2) is 29.9 Å². The first-order chi connectivity index (χ1) is 71.4. The molecular weight excluding hydrogens is 1780 g/mol. The van der Waals surface area contributed by atoms with E-state index in [4.69, 9.17) is 67.8 Å². The van der Waals surface area contributed by atoms with Crippen molar-refractivity contribution in [1.29, 1.82) is 0 Å². The monoisotopic (exact) mass is 1990 g/mol. The molecule has 0 fully saturated rings. The van der Waals surface area contributed by atoms with Crippen LogP contribution in [0.15, 0.2) is 48.5 Å². The average Bonchev–Trinajstić information content (AvgIpc) is 1.56. The summed E-state index contributed by atoms with van der Waals surface area (Å²) in [4.78, 5) is 43.1. The number of unbranched alkanes of at least 4 members (excludes halogenated alkanes) is 72. The van der Waals surface area contributed by atoms with Gasteiger partial charge in [0.2, 0.25) is 23.0 Å². The molecule has 16 heteroatoms. The average molecular weight is 1990 g/mol. The fraction of sp³-hybridized carbons (Fsp3) is 0.750. The molecule has 0 amide bonds. The molecule has 0 saturated heterocycles. The van der Waals surface area contributed by atoms with Gasteiger partial charge in [-0.1, -0.05) is 566 Å². The van der Waals surface area contributed by atoms with Crippen LogP contribution in [0, 0.1) is 0 Å². The Morgan fingerprint density at radius 3 is 0.549 bits per heavy atom. The van der Waals surface area contributed by atoms with Gasteiger partial charge >= 0.3 is 0 Å². The van der Waals surface area contributed by atoms with E-state index < -0.39 is 0 Å². The lowest BCUT2D eigenvalue weighted by molar-refractivity contribution is 0.220. The van der Waals surface area contributed by atoms with Crippen LogP contribution in [0.2, 0.25) is 0 Å². The summed E-state index contributed by atoms with van der Waals surface area (Å²) >= 11 is 0. The Kier molecular flexibility index (Phi) is 65.8. The minimum Gasteiger partial charge on any atom is -0.489 e. The van der Waals surface area contributed by atoms with Crippen LogP contribution in [0.1, 0.15) is 569 Å². The van der Waals surface area contributed by atoms with Crippen LogP contribution in [0.5, 0.6) is 46.0 Å². The summed E-state index contributed by atoms with van der Waals surface area (Å²) in [5.74, 6) is 6.34. The topological polar surface area (TPSA) is 183 Å². The highest BCUT2D eigenvalue weighted by Gasteiger charge is 2.38. The number of H-pyrrole nitrogens is 2. The minimum atomic E-state index is 0.389. The number of hydrogen-bond acceptors (Lipinski definition) is 14. The maximum absolute atomic E-state index is 7.78. The van der Waals surface area contributed by atoms with Gasteiger partial charge in [-0.05, 0) is 51.4 Å². The molecule has 810 valence electrons. The van der Waals surface area contributed by atoms with Gasteiger partial charge in [-0.3, -0.25) is 0 Å². The fourth-order valence-electron chi connectivity index (χ4n) is 21.2. The SMILES string of the molecule is CCCCCCCCCCCCOc1c(OCCCCCCCCCCCC)c(OCCCCCCCCCCCC)c2c(c1OCCCCCCCCCCCC)-c1nc-2nc2[nH]c(nc3nc(nc4[nH]c(n1)c1ccccc41)-c1ccccc1-3)c1c(OCCCCCCCCCCCC)c(OCCCCCCCCCCCC)c(OCCCCCCCCCCCC)c(OCCCCCCCCCCCC)c21. The highest BCUT2D eigenvalue weighted by atomic mass is 16.6. The van der Waals surface area contributed by atoms with Crippen molar-refractivity contribution in [2.24, 2.45) is 0 Å². The minimum absolute atomic E-state index is 0.389. The smallest absolute Gasteiger partial charge is 0.208 e. The molecule has 9 rings (SSSR count). The number of benzene rings is 4. The van der Waals surface area contributed by atoms with Crippen LogP contribution < -0.4 is 37.9 Å². The normalized spacial score (nSPS) is 11.8. The number of nitrogens with one attached hydrogen (secondary N) is 2.